The van der Waals surface area contributed by atoms with Gasteiger partial charge >= 0.3 is 0 Å². The quantitative estimate of drug-likeness (QED) is 0.462. The summed E-state index contributed by atoms with van der Waals surface area (Å²) < 4.78 is 21.9. The Hall–Kier alpha value is -4.01. The van der Waals surface area contributed by atoms with Crippen molar-refractivity contribution in [1.29, 1.82) is 5.26 Å². The maximum atomic E-state index is 12.7. The van der Waals surface area contributed by atoms with Gasteiger partial charge in [-0.1, -0.05) is 0 Å². The van der Waals surface area contributed by atoms with E-state index < -0.39 is 0 Å². The van der Waals surface area contributed by atoms with Crippen LogP contribution in [0.15, 0.2) is 36.7 Å². The minimum absolute atomic E-state index is 0.0724. The van der Waals surface area contributed by atoms with Crippen LogP contribution in [0.2, 0.25) is 0 Å². The number of hydrogen-bond donors (Lipinski definition) is 1. The Balaban J connectivity index is 1.60. The molecule has 0 saturated carbocycles. The molecule has 4 aromatic rings. The Morgan fingerprint density at radius 3 is 3.00 bits per heavy atom. The molecule has 0 spiro atoms. The summed E-state index contributed by atoms with van der Waals surface area (Å²) in [5.74, 6) is 1.02. The number of aromatic nitrogens is 4. The number of fused-ring (bicyclic) bond motifs is 2. The molecule has 1 aromatic carbocycles. The molecule has 1 aliphatic heterocycles. The smallest absolute Gasteiger partial charge is 0.268 e. The first kappa shape index (κ1) is 20.9. The highest BCUT2D eigenvalue weighted by Crippen LogP contribution is 2.40. The van der Waals surface area contributed by atoms with E-state index in [4.69, 9.17) is 14.2 Å². The monoisotopic (exact) mass is 462 g/mol. The third-order valence-electron chi connectivity index (χ3n) is 5.24. The molecular formula is C22H18N6O4S. The number of pyridine rings is 1. The van der Waals surface area contributed by atoms with E-state index in [0.29, 0.717) is 45.3 Å². The SMILES string of the molecule is COC(C)Cn1nc(NC(=O)c2ccns2)c2cc(-c3cc(C#N)c4c(c3)OCO4)cnc21. The standard InChI is InChI=1S/C22H18N6O4S/c1-12(30-2)10-28-21-16(20(27-28)26-22(29)18-3-4-25-33-18)6-15(9-24-21)13-5-14(8-23)19-17(7-13)31-11-32-19/h3-7,9,12H,10-11H2,1-2H3,(H,26,27,29). The van der Waals surface area contributed by atoms with Crippen molar-refractivity contribution >= 4 is 34.3 Å². The first-order chi connectivity index (χ1) is 16.1. The number of nitriles is 1. The van der Waals surface area contributed by atoms with Crippen LogP contribution in [-0.2, 0) is 11.3 Å². The minimum atomic E-state index is -0.302. The second-order valence-corrected chi connectivity index (χ2v) is 8.21. The molecule has 5 rings (SSSR count). The van der Waals surface area contributed by atoms with Gasteiger partial charge in [-0.25, -0.2) is 14.0 Å². The van der Waals surface area contributed by atoms with Crippen molar-refractivity contribution in [1.82, 2.24) is 19.1 Å². The van der Waals surface area contributed by atoms with Crippen LogP contribution in [0.5, 0.6) is 11.5 Å². The van der Waals surface area contributed by atoms with Crippen LogP contribution in [-0.4, -0.2) is 45.1 Å². The summed E-state index contributed by atoms with van der Waals surface area (Å²) in [7, 11) is 1.63. The molecule has 166 valence electrons. The fraction of sp³-hybridized carbons (Fsp3) is 0.227. The molecule has 1 atom stereocenters. The number of hydrogen-bond acceptors (Lipinski definition) is 9. The Labute approximate surface area is 192 Å². The summed E-state index contributed by atoms with van der Waals surface area (Å²) in [5, 5.41) is 17.6. The molecule has 4 heterocycles. The van der Waals surface area contributed by atoms with Gasteiger partial charge in [0.1, 0.15) is 10.9 Å². The van der Waals surface area contributed by atoms with Crippen molar-refractivity contribution in [3.63, 3.8) is 0 Å². The predicted octanol–water partition coefficient (Wildman–Crippen LogP) is 3.44. The van der Waals surface area contributed by atoms with Gasteiger partial charge in [0.05, 0.1) is 23.6 Å². The van der Waals surface area contributed by atoms with Crippen LogP contribution < -0.4 is 14.8 Å². The summed E-state index contributed by atoms with van der Waals surface area (Å²) in [6.45, 7) is 2.45. The first-order valence-corrected chi connectivity index (χ1v) is 10.8. The molecule has 33 heavy (non-hydrogen) atoms. The van der Waals surface area contributed by atoms with E-state index in [-0.39, 0.29) is 18.8 Å². The van der Waals surface area contributed by atoms with E-state index in [1.54, 1.807) is 42.4 Å². The Morgan fingerprint density at radius 2 is 2.24 bits per heavy atom. The zero-order valence-electron chi connectivity index (χ0n) is 17.7. The second-order valence-electron chi connectivity index (χ2n) is 7.37. The second kappa shape index (κ2) is 8.50. The molecule has 3 aromatic heterocycles. The molecule has 1 aliphatic rings. The maximum Gasteiger partial charge on any atom is 0.268 e. The van der Waals surface area contributed by atoms with E-state index in [0.717, 1.165) is 22.7 Å². The van der Waals surface area contributed by atoms with Gasteiger partial charge in [-0.3, -0.25) is 4.79 Å². The van der Waals surface area contributed by atoms with Crippen LogP contribution in [0, 0.1) is 11.3 Å². The summed E-state index contributed by atoms with van der Waals surface area (Å²) in [6.07, 6.45) is 3.17. The summed E-state index contributed by atoms with van der Waals surface area (Å²) in [5.41, 5.74) is 2.46. The molecule has 11 heteroatoms. The number of benzene rings is 1. The van der Waals surface area contributed by atoms with Gasteiger partial charge in [0.25, 0.3) is 5.91 Å². The predicted molar refractivity (Wildman–Crippen MR) is 120 cm³/mol. The summed E-state index contributed by atoms with van der Waals surface area (Å²) in [4.78, 5) is 17.8. The molecule has 0 bridgehead atoms. The van der Waals surface area contributed by atoms with Gasteiger partial charge in [-0.2, -0.15) is 10.4 Å². The van der Waals surface area contributed by atoms with Crippen molar-refractivity contribution in [2.75, 3.05) is 19.2 Å². The fourth-order valence-corrected chi connectivity index (χ4v) is 4.01. The molecule has 0 radical (unpaired) electrons. The maximum absolute atomic E-state index is 12.7. The number of amides is 1. The van der Waals surface area contributed by atoms with Crippen LogP contribution in [0.1, 0.15) is 22.2 Å². The molecule has 1 amide bonds. The molecular weight excluding hydrogens is 444 g/mol. The van der Waals surface area contributed by atoms with Crippen molar-refractivity contribution in [3.05, 3.63) is 47.1 Å². The lowest BCUT2D eigenvalue weighted by Crippen LogP contribution is -2.16. The number of carbonyl (C=O) groups is 1. The van der Waals surface area contributed by atoms with Gasteiger partial charge in [-0.15, -0.1) is 0 Å². The Morgan fingerprint density at radius 1 is 1.36 bits per heavy atom. The van der Waals surface area contributed by atoms with E-state index in [2.05, 4.69) is 25.8 Å². The lowest BCUT2D eigenvalue weighted by molar-refractivity contribution is 0.101. The zero-order valence-corrected chi connectivity index (χ0v) is 18.5. The van der Waals surface area contributed by atoms with Crippen molar-refractivity contribution in [2.45, 2.75) is 19.6 Å². The van der Waals surface area contributed by atoms with Crippen molar-refractivity contribution < 1.29 is 19.0 Å². The molecule has 0 aliphatic carbocycles. The van der Waals surface area contributed by atoms with Crippen LogP contribution in [0.25, 0.3) is 22.2 Å². The number of methoxy groups -OCH3 is 1. The summed E-state index contributed by atoms with van der Waals surface area (Å²) >= 11 is 1.10. The molecule has 10 nitrogen and oxygen atoms in total. The van der Waals surface area contributed by atoms with E-state index >= 15 is 0 Å². The van der Waals surface area contributed by atoms with Gasteiger partial charge in [0.15, 0.2) is 23.0 Å². The highest BCUT2D eigenvalue weighted by Gasteiger charge is 2.22. The van der Waals surface area contributed by atoms with E-state index in [1.807, 2.05) is 13.0 Å². The van der Waals surface area contributed by atoms with E-state index in [1.165, 1.54) is 0 Å². The summed E-state index contributed by atoms with van der Waals surface area (Å²) in [6, 6.07) is 9.20. The Kier molecular flexibility index (Phi) is 5.37. The number of rotatable bonds is 6. The average molecular weight is 462 g/mol. The van der Waals surface area contributed by atoms with Crippen LogP contribution >= 0.6 is 11.5 Å². The highest BCUT2D eigenvalue weighted by molar-refractivity contribution is 7.08. The first-order valence-electron chi connectivity index (χ1n) is 10.0. The minimum Gasteiger partial charge on any atom is -0.454 e. The number of nitrogens with zero attached hydrogens (tertiary/aromatic N) is 5. The fourth-order valence-electron chi connectivity index (χ4n) is 3.52. The Bertz CT molecular complexity index is 1390. The normalized spacial score (nSPS) is 13.1. The third-order valence-corrected chi connectivity index (χ3v) is 5.98. The van der Waals surface area contributed by atoms with Crippen LogP contribution in [0.4, 0.5) is 5.82 Å². The van der Waals surface area contributed by atoms with E-state index in [9.17, 15) is 10.1 Å². The van der Waals surface area contributed by atoms with Gasteiger partial charge < -0.3 is 19.5 Å². The van der Waals surface area contributed by atoms with Gasteiger partial charge in [-0.05, 0) is 48.3 Å². The number of anilines is 1. The van der Waals surface area contributed by atoms with Gasteiger partial charge in [0, 0.05) is 25.1 Å². The van der Waals surface area contributed by atoms with Crippen molar-refractivity contribution in [2.24, 2.45) is 0 Å². The number of ether oxygens (including phenoxy) is 3. The number of nitrogens with one attached hydrogen (secondary N) is 1. The molecule has 0 saturated heterocycles. The molecule has 1 N–H and O–H groups in total. The average Bonchev–Trinajstić information content (AvgIpc) is 3.59. The lowest BCUT2D eigenvalue weighted by Gasteiger charge is -2.10. The third kappa shape index (κ3) is 3.86. The topological polar surface area (TPSA) is 124 Å². The van der Waals surface area contributed by atoms with Crippen molar-refractivity contribution in [3.8, 4) is 28.7 Å². The molecule has 1 unspecified atom stereocenters. The van der Waals surface area contributed by atoms with Crippen LogP contribution in [0.3, 0.4) is 0 Å². The zero-order chi connectivity index (χ0) is 22.9. The van der Waals surface area contributed by atoms with Gasteiger partial charge in [0.2, 0.25) is 6.79 Å². The molecule has 0 fully saturated rings. The largest absolute Gasteiger partial charge is 0.454 e. The lowest BCUT2D eigenvalue weighted by atomic mass is 10.0. The number of carbonyl (C=O) groups excluding carboxylic acids is 1. The highest BCUT2D eigenvalue weighted by atomic mass is 32.1.